The Morgan fingerprint density at radius 3 is 2.31 bits per heavy atom. The van der Waals surface area contributed by atoms with Crippen molar-refractivity contribution in [2.45, 2.75) is 4.90 Å². The highest BCUT2D eigenvalue weighted by Gasteiger charge is 2.33. The van der Waals surface area contributed by atoms with Crippen LogP contribution in [0, 0.1) is 11.6 Å². The van der Waals surface area contributed by atoms with Crippen molar-refractivity contribution in [1.82, 2.24) is 14.5 Å². The van der Waals surface area contributed by atoms with Crippen molar-refractivity contribution in [3.63, 3.8) is 0 Å². The highest BCUT2D eigenvalue weighted by Crippen LogP contribution is 2.23. The Kier molecular flexibility index (Phi) is 8.84. The molecular weight excluding hydrogens is 392 g/mol. The van der Waals surface area contributed by atoms with Gasteiger partial charge in [0.25, 0.3) is 0 Å². The Bertz CT molecular complexity index is 693. The summed E-state index contributed by atoms with van der Waals surface area (Å²) < 4.78 is 58.3. The number of rotatable bonds is 7. The largest absolute Gasteiger partial charge is 0.383 e. The van der Waals surface area contributed by atoms with Crippen molar-refractivity contribution >= 4 is 28.3 Å². The number of amides is 1. The van der Waals surface area contributed by atoms with Crippen LogP contribution in [-0.2, 0) is 19.6 Å². The smallest absolute Gasteiger partial charge is 0.249 e. The SMILES string of the molecule is COCCNCC(=O)N1CCN(S(=O)(=O)c2c(F)cccc2F)CC1.Cl. The van der Waals surface area contributed by atoms with Crippen LogP contribution in [0.1, 0.15) is 0 Å². The molecule has 0 unspecified atom stereocenters. The number of nitrogens with zero attached hydrogens (tertiary/aromatic N) is 2. The monoisotopic (exact) mass is 413 g/mol. The fraction of sp³-hybridized carbons (Fsp3) is 0.533. The van der Waals surface area contributed by atoms with Gasteiger partial charge in [-0.2, -0.15) is 4.31 Å². The summed E-state index contributed by atoms with van der Waals surface area (Å²) in [5, 5.41) is 2.92. The first-order valence-electron chi connectivity index (χ1n) is 7.79. The predicted octanol–water partition coefficient (Wildman–Crippen LogP) is 0.456. The molecule has 1 N–H and O–H groups in total. The third-order valence-corrected chi connectivity index (χ3v) is 5.82. The fourth-order valence-corrected chi connectivity index (χ4v) is 4.05. The molecule has 26 heavy (non-hydrogen) atoms. The Morgan fingerprint density at radius 1 is 1.19 bits per heavy atom. The molecule has 2 rings (SSSR count). The molecule has 0 saturated carbocycles. The summed E-state index contributed by atoms with van der Waals surface area (Å²) in [4.78, 5) is 12.6. The van der Waals surface area contributed by atoms with Crippen LogP contribution in [0.2, 0.25) is 0 Å². The third-order valence-electron chi connectivity index (χ3n) is 3.87. The molecule has 0 aromatic heterocycles. The minimum Gasteiger partial charge on any atom is -0.383 e. The molecule has 148 valence electrons. The maximum Gasteiger partial charge on any atom is 0.249 e. The molecule has 0 aliphatic carbocycles. The van der Waals surface area contributed by atoms with Gasteiger partial charge < -0.3 is 15.0 Å². The highest BCUT2D eigenvalue weighted by molar-refractivity contribution is 7.89. The Morgan fingerprint density at radius 2 is 1.77 bits per heavy atom. The molecule has 0 atom stereocenters. The number of halogens is 3. The van der Waals surface area contributed by atoms with Crippen LogP contribution in [0.25, 0.3) is 0 Å². The quantitative estimate of drug-likeness (QED) is 0.657. The van der Waals surface area contributed by atoms with Crippen molar-refractivity contribution < 1.29 is 26.7 Å². The number of carbonyl (C=O) groups is 1. The van der Waals surface area contributed by atoms with Crippen LogP contribution >= 0.6 is 12.4 Å². The van der Waals surface area contributed by atoms with E-state index in [4.69, 9.17) is 4.74 Å². The molecule has 0 spiro atoms. The van der Waals surface area contributed by atoms with Gasteiger partial charge in [0, 0.05) is 39.8 Å². The topological polar surface area (TPSA) is 79.0 Å². The van der Waals surface area contributed by atoms with E-state index in [0.717, 1.165) is 22.5 Å². The minimum atomic E-state index is -4.28. The lowest BCUT2D eigenvalue weighted by Gasteiger charge is -2.34. The summed E-state index contributed by atoms with van der Waals surface area (Å²) >= 11 is 0. The van der Waals surface area contributed by atoms with E-state index in [9.17, 15) is 22.0 Å². The van der Waals surface area contributed by atoms with Crippen molar-refractivity contribution in [1.29, 1.82) is 0 Å². The summed E-state index contributed by atoms with van der Waals surface area (Å²) in [5.41, 5.74) is 0. The van der Waals surface area contributed by atoms with Gasteiger partial charge in [-0.1, -0.05) is 6.07 Å². The van der Waals surface area contributed by atoms with Crippen molar-refractivity contribution in [2.75, 3.05) is 53.0 Å². The Balaban J connectivity index is 0.00000338. The van der Waals surface area contributed by atoms with Crippen LogP contribution in [-0.4, -0.2) is 76.5 Å². The van der Waals surface area contributed by atoms with Gasteiger partial charge in [-0.25, -0.2) is 17.2 Å². The van der Waals surface area contributed by atoms with Gasteiger partial charge in [0.15, 0.2) is 4.90 Å². The highest BCUT2D eigenvalue weighted by atomic mass is 35.5. The zero-order chi connectivity index (χ0) is 18.4. The maximum absolute atomic E-state index is 13.8. The zero-order valence-corrected chi connectivity index (χ0v) is 15.9. The number of sulfonamides is 1. The number of carbonyl (C=O) groups excluding carboxylic acids is 1. The van der Waals surface area contributed by atoms with Gasteiger partial charge in [0.05, 0.1) is 13.2 Å². The van der Waals surface area contributed by atoms with Gasteiger partial charge >= 0.3 is 0 Å². The van der Waals surface area contributed by atoms with Crippen molar-refractivity contribution in [3.05, 3.63) is 29.8 Å². The van der Waals surface area contributed by atoms with E-state index in [-0.39, 0.29) is 51.0 Å². The van der Waals surface area contributed by atoms with Gasteiger partial charge in [0.2, 0.25) is 15.9 Å². The van der Waals surface area contributed by atoms with E-state index in [2.05, 4.69) is 5.32 Å². The molecule has 0 radical (unpaired) electrons. The summed E-state index contributed by atoms with van der Waals surface area (Å²) in [7, 11) is -2.73. The van der Waals surface area contributed by atoms with Crippen molar-refractivity contribution in [2.24, 2.45) is 0 Å². The van der Waals surface area contributed by atoms with Gasteiger partial charge in [-0.05, 0) is 12.1 Å². The van der Waals surface area contributed by atoms with Gasteiger partial charge in [-0.15, -0.1) is 12.4 Å². The van der Waals surface area contributed by atoms with E-state index >= 15 is 0 Å². The number of benzene rings is 1. The summed E-state index contributed by atoms with van der Waals surface area (Å²) in [5.74, 6) is -2.41. The zero-order valence-electron chi connectivity index (χ0n) is 14.3. The van der Waals surface area contributed by atoms with E-state index in [1.54, 1.807) is 7.11 Å². The molecule has 1 heterocycles. The van der Waals surface area contributed by atoms with Crippen LogP contribution in [0.5, 0.6) is 0 Å². The average molecular weight is 414 g/mol. The molecule has 11 heteroatoms. The standard InChI is InChI=1S/C15H21F2N3O4S.ClH/c1-24-10-5-18-11-14(21)19-6-8-20(9-7-19)25(22,23)15-12(16)3-2-4-13(15)17;/h2-4,18H,5-11H2,1H3;1H. The maximum atomic E-state index is 13.8. The Labute approximate surface area is 157 Å². The molecular formula is C15H22ClF2N3O4S. The summed E-state index contributed by atoms with van der Waals surface area (Å²) in [6, 6.07) is 2.92. The van der Waals surface area contributed by atoms with E-state index < -0.39 is 26.6 Å². The van der Waals surface area contributed by atoms with Crippen LogP contribution < -0.4 is 5.32 Å². The molecule has 1 saturated heterocycles. The fourth-order valence-electron chi connectivity index (χ4n) is 2.52. The van der Waals surface area contributed by atoms with Crippen LogP contribution in [0.4, 0.5) is 8.78 Å². The first kappa shape index (κ1) is 22.7. The number of hydrogen-bond acceptors (Lipinski definition) is 5. The first-order valence-corrected chi connectivity index (χ1v) is 9.23. The summed E-state index contributed by atoms with van der Waals surface area (Å²) in [6.45, 7) is 1.44. The van der Waals surface area contributed by atoms with Gasteiger partial charge in [-0.3, -0.25) is 4.79 Å². The molecule has 1 fully saturated rings. The Hall–Kier alpha value is -1.33. The number of nitrogens with one attached hydrogen (secondary N) is 1. The second-order valence-electron chi connectivity index (χ2n) is 5.51. The lowest BCUT2D eigenvalue weighted by molar-refractivity contribution is -0.131. The van der Waals surface area contributed by atoms with Crippen molar-refractivity contribution in [3.8, 4) is 0 Å². The predicted molar refractivity (Wildman–Crippen MR) is 93.7 cm³/mol. The van der Waals surface area contributed by atoms with E-state index in [1.165, 1.54) is 4.90 Å². The summed E-state index contributed by atoms with van der Waals surface area (Å²) in [6.07, 6.45) is 0. The lowest BCUT2D eigenvalue weighted by atomic mass is 10.3. The molecule has 1 aliphatic rings. The first-order chi connectivity index (χ1) is 11.9. The number of ether oxygens (including phenoxy) is 1. The molecule has 1 aliphatic heterocycles. The third kappa shape index (κ3) is 5.34. The van der Waals surface area contributed by atoms with Crippen LogP contribution in [0.3, 0.4) is 0 Å². The molecule has 1 aromatic rings. The molecule has 0 bridgehead atoms. The number of hydrogen-bond donors (Lipinski definition) is 1. The van der Waals surface area contributed by atoms with Gasteiger partial charge in [0.1, 0.15) is 11.6 Å². The molecule has 7 nitrogen and oxygen atoms in total. The lowest BCUT2D eigenvalue weighted by Crippen LogP contribution is -2.52. The van der Waals surface area contributed by atoms with E-state index in [1.807, 2.05) is 0 Å². The second kappa shape index (κ2) is 10.1. The minimum absolute atomic E-state index is 0. The number of methoxy groups -OCH3 is 1. The molecule has 1 aromatic carbocycles. The molecule has 1 amide bonds. The number of piperazine rings is 1. The second-order valence-corrected chi connectivity index (χ2v) is 7.38. The normalized spacial score (nSPS) is 15.6. The average Bonchev–Trinajstić information content (AvgIpc) is 2.58. The van der Waals surface area contributed by atoms with Crippen LogP contribution in [0.15, 0.2) is 23.1 Å². The van der Waals surface area contributed by atoms with E-state index in [0.29, 0.717) is 13.2 Å².